The smallest absolute Gasteiger partial charge is 0.224 e. The molecule has 1 aromatic heterocycles. The van der Waals surface area contributed by atoms with Crippen molar-refractivity contribution in [2.75, 3.05) is 26.0 Å². The van der Waals surface area contributed by atoms with Crippen LogP contribution in [0.4, 0.5) is 0 Å². The molecule has 1 fully saturated rings. The summed E-state index contributed by atoms with van der Waals surface area (Å²) in [6.45, 7) is 2.40. The number of aryl methyl sites for hydroxylation is 1. The first-order chi connectivity index (χ1) is 13.9. The number of piperidine rings is 1. The van der Waals surface area contributed by atoms with Gasteiger partial charge in [-0.15, -0.1) is 0 Å². The number of carbonyl (C=O) groups excluding carboxylic acids is 1. The fourth-order valence-electron chi connectivity index (χ4n) is 3.59. The summed E-state index contributed by atoms with van der Waals surface area (Å²) in [6.07, 6.45) is 4.57. The molecular formula is C20H28N4O4S. The molecule has 0 unspecified atom stereocenters. The first-order valence-electron chi connectivity index (χ1n) is 9.75. The van der Waals surface area contributed by atoms with Crippen LogP contribution in [0.3, 0.4) is 0 Å². The molecule has 3 rings (SSSR count). The summed E-state index contributed by atoms with van der Waals surface area (Å²) in [5, 5.41) is 3.12. The van der Waals surface area contributed by atoms with E-state index in [9.17, 15) is 13.2 Å². The maximum atomic E-state index is 13.0. The van der Waals surface area contributed by atoms with Gasteiger partial charge in [0.05, 0.1) is 12.9 Å². The highest BCUT2D eigenvalue weighted by Gasteiger charge is 2.32. The number of aromatic nitrogens is 2. The molecule has 0 bridgehead atoms. The number of benzene rings is 1. The molecule has 0 aliphatic carbocycles. The summed E-state index contributed by atoms with van der Waals surface area (Å²) < 4.78 is 32.7. The van der Waals surface area contributed by atoms with Gasteiger partial charge in [-0.2, -0.15) is 0 Å². The van der Waals surface area contributed by atoms with Gasteiger partial charge in [-0.1, -0.05) is 12.1 Å². The molecule has 1 aromatic carbocycles. The molecule has 158 valence electrons. The van der Waals surface area contributed by atoms with Crippen molar-refractivity contribution in [2.24, 2.45) is 13.0 Å². The molecule has 8 nitrogen and oxygen atoms in total. The van der Waals surface area contributed by atoms with E-state index in [1.165, 1.54) is 4.31 Å². The number of nitrogens with one attached hydrogen (secondary N) is 1. The molecular weight excluding hydrogens is 392 g/mol. The van der Waals surface area contributed by atoms with E-state index in [-0.39, 0.29) is 17.6 Å². The van der Waals surface area contributed by atoms with Crippen molar-refractivity contribution in [2.45, 2.75) is 25.8 Å². The Balaban J connectivity index is 1.74. The van der Waals surface area contributed by atoms with Crippen LogP contribution in [0.15, 0.2) is 36.7 Å². The number of hydrogen-bond acceptors (Lipinski definition) is 5. The van der Waals surface area contributed by atoms with E-state index in [0.717, 1.165) is 17.1 Å². The van der Waals surface area contributed by atoms with Crippen LogP contribution < -0.4 is 10.1 Å². The van der Waals surface area contributed by atoms with E-state index in [1.807, 2.05) is 42.1 Å². The van der Waals surface area contributed by atoms with Gasteiger partial charge in [-0.3, -0.25) is 4.79 Å². The van der Waals surface area contributed by atoms with E-state index >= 15 is 0 Å². The number of rotatable bonds is 7. The largest absolute Gasteiger partial charge is 0.497 e. The number of carbonyl (C=O) groups is 1. The zero-order chi connectivity index (χ0) is 21.0. The minimum atomic E-state index is -3.21. The molecule has 29 heavy (non-hydrogen) atoms. The van der Waals surface area contributed by atoms with Crippen molar-refractivity contribution in [3.63, 3.8) is 0 Å². The Labute approximate surface area is 171 Å². The van der Waals surface area contributed by atoms with E-state index < -0.39 is 16.1 Å². The average molecular weight is 421 g/mol. The Bertz CT molecular complexity index is 932. The third-order valence-corrected chi connectivity index (χ3v) is 7.32. The normalized spacial score (nSPS) is 17.1. The van der Waals surface area contributed by atoms with Gasteiger partial charge in [-0.25, -0.2) is 17.7 Å². The van der Waals surface area contributed by atoms with Crippen LogP contribution in [0, 0.1) is 5.92 Å². The molecule has 2 heterocycles. The maximum Gasteiger partial charge on any atom is 0.224 e. The second-order valence-corrected chi connectivity index (χ2v) is 9.44. The molecule has 0 saturated carbocycles. The van der Waals surface area contributed by atoms with Gasteiger partial charge in [-0.05, 0) is 37.5 Å². The topological polar surface area (TPSA) is 93.5 Å². The third-order valence-electron chi connectivity index (χ3n) is 5.44. The van der Waals surface area contributed by atoms with Crippen LogP contribution in [0.5, 0.6) is 5.75 Å². The third kappa shape index (κ3) is 4.79. The van der Waals surface area contributed by atoms with Crippen LogP contribution >= 0.6 is 0 Å². The molecule has 1 saturated heterocycles. The lowest BCUT2D eigenvalue weighted by molar-refractivity contribution is -0.126. The van der Waals surface area contributed by atoms with Crippen molar-refractivity contribution in [1.29, 1.82) is 0 Å². The minimum Gasteiger partial charge on any atom is -0.497 e. The summed E-state index contributed by atoms with van der Waals surface area (Å²) in [7, 11) is 0.290. The molecule has 0 radical (unpaired) electrons. The molecule has 1 aliphatic heterocycles. The Hall–Kier alpha value is -2.39. The second kappa shape index (κ2) is 8.96. The fraction of sp³-hybridized carbons (Fsp3) is 0.500. The lowest BCUT2D eigenvalue weighted by atomic mass is 9.96. The highest BCUT2D eigenvalue weighted by Crippen LogP contribution is 2.26. The number of nitrogens with zero attached hydrogens (tertiary/aromatic N) is 3. The van der Waals surface area contributed by atoms with Gasteiger partial charge in [0.15, 0.2) is 0 Å². The Kier molecular flexibility index (Phi) is 6.59. The number of sulfonamides is 1. The van der Waals surface area contributed by atoms with Crippen molar-refractivity contribution in [1.82, 2.24) is 19.2 Å². The number of amides is 1. The monoisotopic (exact) mass is 420 g/mol. The molecule has 1 aliphatic rings. The van der Waals surface area contributed by atoms with E-state index in [4.69, 9.17) is 4.74 Å². The van der Waals surface area contributed by atoms with Gasteiger partial charge in [0.25, 0.3) is 0 Å². The summed E-state index contributed by atoms with van der Waals surface area (Å²) in [5.41, 5.74) is 0.902. The Morgan fingerprint density at radius 3 is 2.45 bits per heavy atom. The molecule has 0 spiro atoms. The second-order valence-electron chi connectivity index (χ2n) is 7.18. The quantitative estimate of drug-likeness (QED) is 0.736. The summed E-state index contributed by atoms with van der Waals surface area (Å²) >= 11 is 0. The van der Waals surface area contributed by atoms with Crippen LogP contribution in [0.2, 0.25) is 0 Å². The van der Waals surface area contributed by atoms with Crippen molar-refractivity contribution in [3.05, 3.63) is 48.0 Å². The summed E-state index contributed by atoms with van der Waals surface area (Å²) in [6, 6.07) is 7.13. The zero-order valence-electron chi connectivity index (χ0n) is 17.0. The van der Waals surface area contributed by atoms with Crippen molar-refractivity contribution >= 4 is 15.9 Å². The van der Waals surface area contributed by atoms with Crippen LogP contribution in [-0.4, -0.2) is 54.1 Å². The van der Waals surface area contributed by atoms with Crippen molar-refractivity contribution < 1.29 is 17.9 Å². The Morgan fingerprint density at radius 2 is 1.93 bits per heavy atom. The first kappa shape index (κ1) is 21.3. The van der Waals surface area contributed by atoms with E-state index in [0.29, 0.717) is 25.9 Å². The Morgan fingerprint density at radius 1 is 1.28 bits per heavy atom. The van der Waals surface area contributed by atoms with Crippen LogP contribution in [0.25, 0.3) is 0 Å². The first-order valence-corrected chi connectivity index (χ1v) is 11.4. The average Bonchev–Trinajstić information content (AvgIpc) is 3.17. The SMILES string of the molecule is CCS(=O)(=O)N1CCC(C(=O)N[C@@H](c2ccc(OC)cc2)c2nccn2C)CC1. The van der Waals surface area contributed by atoms with Gasteiger partial charge in [0.2, 0.25) is 15.9 Å². The van der Waals surface area contributed by atoms with Gasteiger partial charge >= 0.3 is 0 Å². The molecule has 1 N–H and O–H groups in total. The highest BCUT2D eigenvalue weighted by atomic mass is 32.2. The predicted octanol–water partition coefficient (Wildman–Crippen LogP) is 1.70. The zero-order valence-corrected chi connectivity index (χ0v) is 17.9. The number of ether oxygens (including phenoxy) is 1. The number of hydrogen-bond donors (Lipinski definition) is 1. The van der Waals surface area contributed by atoms with Crippen LogP contribution in [0.1, 0.15) is 37.2 Å². The summed E-state index contributed by atoms with van der Waals surface area (Å²) in [4.78, 5) is 17.4. The standard InChI is InChI=1S/C20H28N4O4S/c1-4-29(26,27)24-12-9-16(10-13-24)20(25)22-18(19-21-11-14-23(19)2)15-5-7-17(28-3)8-6-15/h5-8,11,14,16,18H,4,9-10,12-13H2,1-3H3,(H,22,25)/t18-/m0/s1. The van der Waals surface area contributed by atoms with Gasteiger partial charge in [0.1, 0.15) is 17.6 Å². The minimum absolute atomic E-state index is 0.0811. The van der Waals surface area contributed by atoms with Crippen LogP contribution in [-0.2, 0) is 21.9 Å². The summed E-state index contributed by atoms with van der Waals surface area (Å²) in [5.74, 6) is 1.25. The highest BCUT2D eigenvalue weighted by molar-refractivity contribution is 7.89. The molecule has 9 heteroatoms. The molecule has 1 amide bonds. The lowest BCUT2D eigenvalue weighted by Crippen LogP contribution is -2.44. The number of imidazole rings is 1. The van der Waals surface area contributed by atoms with Gasteiger partial charge in [0, 0.05) is 38.4 Å². The van der Waals surface area contributed by atoms with Crippen molar-refractivity contribution in [3.8, 4) is 5.75 Å². The fourth-order valence-corrected chi connectivity index (χ4v) is 4.72. The van der Waals surface area contributed by atoms with E-state index in [1.54, 1.807) is 20.2 Å². The lowest BCUT2D eigenvalue weighted by Gasteiger charge is -2.31. The molecule has 1 atom stereocenters. The van der Waals surface area contributed by atoms with E-state index in [2.05, 4.69) is 10.3 Å². The maximum absolute atomic E-state index is 13.0. The molecule has 2 aromatic rings. The number of methoxy groups -OCH3 is 1. The predicted molar refractivity (Wildman–Crippen MR) is 110 cm³/mol. The van der Waals surface area contributed by atoms with Gasteiger partial charge < -0.3 is 14.6 Å².